The number of nitrogens with one attached hydrogen (secondary N) is 1. The largest absolute Gasteiger partial charge is 0.314 e. The Morgan fingerprint density at radius 2 is 2.14 bits per heavy atom. The molecule has 0 amide bonds. The number of benzene rings is 1. The molecule has 1 N–H and O–H groups in total. The number of likely N-dealkylation sites (N-methyl/N-ethyl adjacent to an activating group) is 1. The molecule has 0 bridgehead atoms. The summed E-state index contributed by atoms with van der Waals surface area (Å²) in [7, 11) is 0. The lowest BCUT2D eigenvalue weighted by Crippen LogP contribution is -2.36. The summed E-state index contributed by atoms with van der Waals surface area (Å²) in [6.45, 7) is 3.29. The summed E-state index contributed by atoms with van der Waals surface area (Å²) in [4.78, 5) is 1.52. The molecule has 2 atom stereocenters. The first kappa shape index (κ1) is 14.8. The summed E-state index contributed by atoms with van der Waals surface area (Å²) in [6.07, 6.45) is 6.37. The highest BCUT2D eigenvalue weighted by atomic mass is 32.1. The first-order chi connectivity index (χ1) is 10.4. The minimum Gasteiger partial charge on any atom is -0.314 e. The maximum absolute atomic E-state index is 3.76. The molecule has 1 heterocycles. The molecule has 0 saturated heterocycles. The van der Waals surface area contributed by atoms with Gasteiger partial charge in [-0.05, 0) is 67.1 Å². The number of rotatable bonds is 6. The van der Waals surface area contributed by atoms with Gasteiger partial charge in [-0.25, -0.2) is 0 Å². The first-order valence-corrected chi connectivity index (χ1v) is 9.10. The van der Waals surface area contributed by atoms with Crippen molar-refractivity contribution in [2.75, 3.05) is 6.54 Å². The summed E-state index contributed by atoms with van der Waals surface area (Å²) < 4.78 is 0. The van der Waals surface area contributed by atoms with E-state index < -0.39 is 0 Å². The highest BCUT2D eigenvalue weighted by molar-refractivity contribution is 7.09. The van der Waals surface area contributed by atoms with Gasteiger partial charge in [-0.3, -0.25) is 0 Å². The van der Waals surface area contributed by atoms with Crippen molar-refractivity contribution in [3.05, 3.63) is 57.8 Å². The third-order valence-corrected chi connectivity index (χ3v) is 5.59. The Bertz CT molecular complexity index is 546. The maximum Gasteiger partial charge on any atom is 0.0139 e. The van der Waals surface area contributed by atoms with Crippen LogP contribution in [0, 0.1) is 0 Å². The lowest BCUT2D eigenvalue weighted by atomic mass is 9.77. The highest BCUT2D eigenvalue weighted by Crippen LogP contribution is 2.35. The van der Waals surface area contributed by atoms with Crippen LogP contribution in [0.5, 0.6) is 0 Å². The van der Waals surface area contributed by atoms with Crippen LogP contribution in [-0.2, 0) is 12.8 Å². The van der Waals surface area contributed by atoms with Gasteiger partial charge >= 0.3 is 0 Å². The smallest absolute Gasteiger partial charge is 0.0139 e. The second-order valence-corrected chi connectivity index (χ2v) is 7.01. The Morgan fingerprint density at radius 3 is 2.95 bits per heavy atom. The van der Waals surface area contributed by atoms with Crippen molar-refractivity contribution in [3.63, 3.8) is 0 Å². The molecule has 1 aliphatic carbocycles. The molecule has 1 aromatic carbocycles. The van der Waals surface area contributed by atoms with Gasteiger partial charge in [0.15, 0.2) is 0 Å². The van der Waals surface area contributed by atoms with Crippen molar-refractivity contribution >= 4 is 11.3 Å². The molecular weight excluding hydrogens is 274 g/mol. The Hall–Kier alpha value is -1.12. The van der Waals surface area contributed by atoms with Gasteiger partial charge in [0.05, 0.1) is 0 Å². The molecule has 21 heavy (non-hydrogen) atoms. The molecule has 1 nitrogen and oxygen atoms in total. The van der Waals surface area contributed by atoms with Gasteiger partial charge in [0, 0.05) is 10.9 Å². The van der Waals surface area contributed by atoms with Crippen LogP contribution >= 0.6 is 11.3 Å². The molecule has 3 rings (SSSR count). The fourth-order valence-electron chi connectivity index (χ4n) is 3.67. The van der Waals surface area contributed by atoms with Crippen LogP contribution in [0.4, 0.5) is 0 Å². The van der Waals surface area contributed by atoms with Crippen molar-refractivity contribution in [3.8, 4) is 0 Å². The second kappa shape index (κ2) is 7.24. The van der Waals surface area contributed by atoms with Crippen LogP contribution in [0.25, 0.3) is 0 Å². The Morgan fingerprint density at radius 1 is 1.24 bits per heavy atom. The monoisotopic (exact) mass is 299 g/mol. The van der Waals surface area contributed by atoms with Gasteiger partial charge in [0.1, 0.15) is 0 Å². The second-order valence-electron chi connectivity index (χ2n) is 5.98. The summed E-state index contributed by atoms with van der Waals surface area (Å²) in [5.74, 6) is 0.690. The van der Waals surface area contributed by atoms with E-state index in [1.807, 2.05) is 11.3 Å². The molecule has 0 radical (unpaired) electrons. The molecule has 112 valence electrons. The minimum absolute atomic E-state index is 0.610. The first-order valence-electron chi connectivity index (χ1n) is 8.22. The third-order valence-electron chi connectivity index (χ3n) is 4.65. The van der Waals surface area contributed by atoms with Crippen molar-refractivity contribution in [2.24, 2.45) is 0 Å². The van der Waals surface area contributed by atoms with Crippen molar-refractivity contribution < 1.29 is 0 Å². The van der Waals surface area contributed by atoms with Crippen LogP contribution in [0.2, 0.25) is 0 Å². The van der Waals surface area contributed by atoms with E-state index in [0.29, 0.717) is 12.0 Å². The van der Waals surface area contributed by atoms with Gasteiger partial charge < -0.3 is 5.32 Å². The predicted molar refractivity (Wildman–Crippen MR) is 92.2 cm³/mol. The van der Waals surface area contributed by atoms with E-state index in [2.05, 4.69) is 54.0 Å². The quantitative estimate of drug-likeness (QED) is 0.809. The molecule has 0 aliphatic heterocycles. The number of aryl methyl sites for hydroxylation is 2. The summed E-state index contributed by atoms with van der Waals surface area (Å²) in [6, 6.07) is 14.1. The molecule has 1 aromatic heterocycles. The topological polar surface area (TPSA) is 12.0 Å². The molecule has 0 fully saturated rings. The van der Waals surface area contributed by atoms with Gasteiger partial charge in [0.2, 0.25) is 0 Å². The highest BCUT2D eigenvalue weighted by Gasteiger charge is 2.26. The van der Waals surface area contributed by atoms with E-state index >= 15 is 0 Å². The number of fused-ring (bicyclic) bond motifs is 1. The fraction of sp³-hybridized carbons (Fsp3) is 0.474. The number of thiophene rings is 1. The van der Waals surface area contributed by atoms with Crippen molar-refractivity contribution in [1.82, 2.24) is 5.32 Å². The summed E-state index contributed by atoms with van der Waals surface area (Å²) >= 11 is 1.89. The van der Waals surface area contributed by atoms with Gasteiger partial charge in [-0.1, -0.05) is 37.3 Å². The molecule has 0 saturated carbocycles. The van der Waals surface area contributed by atoms with E-state index in [0.717, 1.165) is 6.54 Å². The zero-order valence-corrected chi connectivity index (χ0v) is 13.7. The van der Waals surface area contributed by atoms with Crippen molar-refractivity contribution in [2.45, 2.75) is 51.0 Å². The Kier molecular flexibility index (Phi) is 5.10. The predicted octanol–water partition coefficient (Wildman–Crippen LogP) is 4.78. The normalized spacial score (nSPS) is 19.2. The van der Waals surface area contributed by atoms with Crippen LogP contribution in [0.15, 0.2) is 41.8 Å². The van der Waals surface area contributed by atoms with E-state index in [9.17, 15) is 0 Å². The zero-order valence-electron chi connectivity index (χ0n) is 12.8. The van der Waals surface area contributed by atoms with Crippen molar-refractivity contribution in [1.29, 1.82) is 0 Å². The van der Waals surface area contributed by atoms with E-state index in [1.54, 1.807) is 11.1 Å². The minimum atomic E-state index is 0.610. The van der Waals surface area contributed by atoms with Crippen LogP contribution in [0.1, 0.15) is 48.1 Å². The standard InChI is InChI=1S/C19H25NS/c1-2-20-19(13-12-16-9-6-14-21-16)18-11-5-8-15-7-3-4-10-17(15)18/h3-4,6-7,9-10,14,18-20H,2,5,8,11-13H2,1H3. The molecule has 1 aliphatic rings. The van der Waals surface area contributed by atoms with E-state index in [-0.39, 0.29) is 0 Å². The average molecular weight is 299 g/mol. The Balaban J connectivity index is 1.74. The summed E-state index contributed by atoms with van der Waals surface area (Å²) in [5.41, 5.74) is 3.17. The molecule has 2 heteroatoms. The maximum atomic E-state index is 3.76. The summed E-state index contributed by atoms with van der Waals surface area (Å²) in [5, 5.41) is 5.95. The molecule has 2 aromatic rings. The fourth-order valence-corrected chi connectivity index (χ4v) is 4.39. The molecule has 0 spiro atoms. The average Bonchev–Trinajstić information content (AvgIpc) is 3.04. The number of hydrogen-bond donors (Lipinski definition) is 1. The van der Waals surface area contributed by atoms with Gasteiger partial charge in [0.25, 0.3) is 0 Å². The van der Waals surface area contributed by atoms with Crippen LogP contribution < -0.4 is 5.32 Å². The van der Waals surface area contributed by atoms with E-state index in [1.165, 1.54) is 37.0 Å². The SMILES string of the molecule is CCNC(CCc1cccs1)C1CCCc2ccccc21. The lowest BCUT2D eigenvalue weighted by Gasteiger charge is -2.33. The molecular formula is C19H25NS. The molecule has 2 unspecified atom stereocenters. The van der Waals surface area contributed by atoms with Gasteiger partial charge in [-0.2, -0.15) is 0 Å². The van der Waals surface area contributed by atoms with Crippen LogP contribution in [-0.4, -0.2) is 12.6 Å². The number of hydrogen-bond acceptors (Lipinski definition) is 2. The Labute approximate surface area is 132 Å². The third kappa shape index (κ3) is 3.56. The van der Waals surface area contributed by atoms with Crippen LogP contribution in [0.3, 0.4) is 0 Å². The lowest BCUT2D eigenvalue weighted by molar-refractivity contribution is 0.380. The van der Waals surface area contributed by atoms with E-state index in [4.69, 9.17) is 0 Å². The zero-order chi connectivity index (χ0) is 14.5. The van der Waals surface area contributed by atoms with Gasteiger partial charge in [-0.15, -0.1) is 11.3 Å².